The smallest absolute Gasteiger partial charge is 0.232 e. The lowest BCUT2D eigenvalue weighted by atomic mass is 9.88. The number of Topliss-reactive ketones (excluding diaryl/α,β-unsaturated/α-hetero) is 1. The number of aromatic nitrogens is 2. The number of alkyl halides is 1. The van der Waals surface area contributed by atoms with E-state index >= 15 is 0 Å². The van der Waals surface area contributed by atoms with Crippen molar-refractivity contribution in [3.8, 4) is 5.88 Å². The van der Waals surface area contributed by atoms with Crippen molar-refractivity contribution in [3.05, 3.63) is 53.5 Å². The van der Waals surface area contributed by atoms with Crippen LogP contribution in [0.15, 0.2) is 41.7 Å². The Balaban J connectivity index is 1.72. The largest absolute Gasteiger partial charge is 0.474 e. The molecule has 0 bridgehead atoms. The first kappa shape index (κ1) is 19.3. The van der Waals surface area contributed by atoms with Crippen LogP contribution in [0.2, 0.25) is 0 Å². The summed E-state index contributed by atoms with van der Waals surface area (Å²) in [5, 5.41) is 0.593. The Bertz CT molecular complexity index is 844. The summed E-state index contributed by atoms with van der Waals surface area (Å²) in [6.07, 6.45) is 3.78. The fourth-order valence-corrected chi connectivity index (χ4v) is 3.84. The molecule has 0 aliphatic carbocycles. The van der Waals surface area contributed by atoms with Crippen LogP contribution >= 0.6 is 11.8 Å². The van der Waals surface area contributed by atoms with Crippen LogP contribution in [0.3, 0.4) is 0 Å². The van der Waals surface area contributed by atoms with Crippen molar-refractivity contribution in [2.75, 3.05) is 19.0 Å². The Kier molecular flexibility index (Phi) is 6.05. The maximum atomic E-state index is 12.5. The topological polar surface area (TPSA) is 90.5 Å². The third-order valence-corrected chi connectivity index (χ3v) is 5.15. The van der Waals surface area contributed by atoms with E-state index in [9.17, 15) is 9.18 Å². The highest BCUT2D eigenvalue weighted by molar-refractivity contribution is 8.13. The Morgan fingerprint density at radius 1 is 1.37 bits per heavy atom. The van der Waals surface area contributed by atoms with Crippen LogP contribution in [0.1, 0.15) is 35.0 Å². The molecule has 0 amide bonds. The van der Waals surface area contributed by atoms with Gasteiger partial charge in [0.2, 0.25) is 5.88 Å². The summed E-state index contributed by atoms with van der Waals surface area (Å²) >= 11 is 1.56. The molecule has 27 heavy (non-hydrogen) atoms. The fourth-order valence-electron chi connectivity index (χ4n) is 2.86. The Morgan fingerprint density at radius 3 is 2.93 bits per heavy atom. The lowest BCUT2D eigenvalue weighted by molar-refractivity contribution is 0.0987. The first-order valence-electron chi connectivity index (χ1n) is 8.62. The molecule has 0 radical (unpaired) electrons. The number of ether oxygens (including phenoxy) is 1. The molecule has 142 valence electrons. The second-order valence-electron chi connectivity index (χ2n) is 6.40. The van der Waals surface area contributed by atoms with E-state index in [4.69, 9.17) is 10.5 Å². The zero-order chi connectivity index (χ0) is 19.3. The summed E-state index contributed by atoms with van der Waals surface area (Å²) in [7, 11) is 0. The van der Waals surface area contributed by atoms with Crippen molar-refractivity contribution in [3.63, 3.8) is 0 Å². The normalized spacial score (nSPS) is 19.4. The summed E-state index contributed by atoms with van der Waals surface area (Å²) < 4.78 is 17.1. The van der Waals surface area contributed by atoms with Crippen molar-refractivity contribution >= 4 is 22.7 Å². The average Bonchev–Trinajstić information content (AvgIpc) is 2.67. The number of halogens is 1. The van der Waals surface area contributed by atoms with E-state index in [-0.39, 0.29) is 35.9 Å². The molecule has 0 saturated heterocycles. The number of thioether (sulfide) groups is 1. The van der Waals surface area contributed by atoms with E-state index in [2.05, 4.69) is 21.9 Å². The summed E-state index contributed by atoms with van der Waals surface area (Å²) in [5.74, 6) is 0.968. The summed E-state index contributed by atoms with van der Waals surface area (Å²) in [4.78, 5) is 25.2. The second kappa shape index (κ2) is 8.47. The molecule has 6 nitrogen and oxygen atoms in total. The van der Waals surface area contributed by atoms with Crippen LogP contribution in [0.25, 0.3) is 0 Å². The molecule has 3 rings (SSSR count). The molecule has 2 N–H and O–H groups in total. The number of nitrogens with zero attached hydrogens (tertiary/aromatic N) is 3. The molecule has 0 unspecified atom stereocenters. The number of hydrogen-bond donors (Lipinski definition) is 1. The van der Waals surface area contributed by atoms with Crippen LogP contribution in [0, 0.1) is 0 Å². The number of carbonyl (C=O) groups excluding carboxylic acids is 1. The van der Waals surface area contributed by atoms with Crippen LogP contribution in [-0.2, 0) is 12.0 Å². The molecule has 8 heteroatoms. The summed E-state index contributed by atoms with van der Waals surface area (Å²) in [6, 6.07) is 7.84. The van der Waals surface area contributed by atoms with E-state index < -0.39 is 6.67 Å². The van der Waals surface area contributed by atoms with Crippen molar-refractivity contribution < 1.29 is 13.9 Å². The van der Waals surface area contributed by atoms with Crippen LogP contribution < -0.4 is 10.5 Å². The highest BCUT2D eigenvalue weighted by atomic mass is 32.2. The van der Waals surface area contributed by atoms with Gasteiger partial charge in [0.1, 0.15) is 19.0 Å². The third kappa shape index (κ3) is 4.82. The predicted octanol–water partition coefficient (Wildman–Crippen LogP) is 2.92. The van der Waals surface area contributed by atoms with Gasteiger partial charge in [0, 0.05) is 12.2 Å². The number of amidine groups is 1. The van der Waals surface area contributed by atoms with Gasteiger partial charge in [-0.15, -0.1) is 0 Å². The molecule has 2 heterocycles. The van der Waals surface area contributed by atoms with E-state index in [1.54, 1.807) is 11.8 Å². The van der Waals surface area contributed by atoms with Crippen molar-refractivity contribution in [2.24, 2.45) is 10.7 Å². The molecular weight excluding hydrogens is 367 g/mol. The molecule has 2 aromatic rings. The van der Waals surface area contributed by atoms with Gasteiger partial charge in [-0.25, -0.2) is 14.4 Å². The van der Waals surface area contributed by atoms with Gasteiger partial charge in [-0.1, -0.05) is 36.0 Å². The first-order chi connectivity index (χ1) is 13.0. The SMILES string of the molecule is C[C@@]1(c2cccc(CC(=O)c3cnc(OCCF)cn3)c2)CCSC(N)=N1. The van der Waals surface area contributed by atoms with Gasteiger partial charge < -0.3 is 10.5 Å². The van der Waals surface area contributed by atoms with E-state index in [0.29, 0.717) is 5.17 Å². The standard InChI is InChI=1S/C19H21FN4O2S/c1-19(5-8-27-18(21)24-19)14-4-2-3-13(9-14)10-16(25)15-11-23-17(12-22-15)26-7-6-20/h2-4,9,11-12H,5-8,10H2,1H3,(H2,21,24)/t19-/m0/s1. The average molecular weight is 388 g/mol. The van der Waals surface area contributed by atoms with Gasteiger partial charge in [-0.05, 0) is 24.5 Å². The van der Waals surface area contributed by atoms with Crippen LogP contribution in [0.4, 0.5) is 4.39 Å². The number of aliphatic imine (C=N–C) groups is 1. The zero-order valence-corrected chi connectivity index (χ0v) is 15.8. The monoisotopic (exact) mass is 388 g/mol. The molecule has 1 aliphatic rings. The lowest BCUT2D eigenvalue weighted by Crippen LogP contribution is -2.28. The molecule has 0 spiro atoms. The van der Waals surface area contributed by atoms with Gasteiger partial charge in [-0.3, -0.25) is 9.79 Å². The minimum atomic E-state index is -0.605. The quantitative estimate of drug-likeness (QED) is 0.734. The van der Waals surface area contributed by atoms with Crippen molar-refractivity contribution in [1.29, 1.82) is 0 Å². The molecular formula is C19H21FN4O2S. The van der Waals surface area contributed by atoms with Crippen molar-refractivity contribution in [2.45, 2.75) is 25.3 Å². The third-order valence-electron chi connectivity index (χ3n) is 4.35. The molecule has 0 fully saturated rings. The molecule has 1 atom stereocenters. The highest BCUT2D eigenvalue weighted by Crippen LogP contribution is 2.35. The number of rotatable bonds is 7. The molecule has 1 aromatic heterocycles. The van der Waals surface area contributed by atoms with E-state index in [1.807, 2.05) is 24.3 Å². The predicted molar refractivity (Wildman–Crippen MR) is 104 cm³/mol. The van der Waals surface area contributed by atoms with Crippen molar-refractivity contribution in [1.82, 2.24) is 9.97 Å². The Labute approximate surface area is 161 Å². The van der Waals surface area contributed by atoms with Crippen LogP contribution in [0.5, 0.6) is 5.88 Å². The van der Waals surface area contributed by atoms with E-state index in [0.717, 1.165) is 23.3 Å². The lowest BCUT2D eigenvalue weighted by Gasteiger charge is -2.30. The number of nitrogens with two attached hydrogens (primary N) is 1. The number of benzene rings is 1. The minimum absolute atomic E-state index is 0.0843. The Hall–Kier alpha value is -2.48. The van der Waals surface area contributed by atoms with E-state index in [1.165, 1.54) is 12.4 Å². The van der Waals surface area contributed by atoms with Gasteiger partial charge in [0.15, 0.2) is 11.0 Å². The number of ketones is 1. The first-order valence-corrected chi connectivity index (χ1v) is 9.60. The molecule has 1 aliphatic heterocycles. The van der Waals surface area contributed by atoms with Crippen LogP contribution in [-0.4, -0.2) is 40.0 Å². The highest BCUT2D eigenvalue weighted by Gasteiger charge is 2.29. The number of hydrogen-bond acceptors (Lipinski definition) is 7. The van der Waals surface area contributed by atoms with Gasteiger partial charge >= 0.3 is 0 Å². The summed E-state index contributed by atoms with van der Waals surface area (Å²) in [5.41, 5.74) is 7.69. The van der Waals surface area contributed by atoms with Gasteiger partial charge in [0.05, 0.1) is 17.9 Å². The molecule has 0 saturated carbocycles. The minimum Gasteiger partial charge on any atom is -0.474 e. The zero-order valence-electron chi connectivity index (χ0n) is 15.0. The van der Waals surface area contributed by atoms with Gasteiger partial charge in [-0.2, -0.15) is 0 Å². The summed E-state index contributed by atoms with van der Waals surface area (Å²) in [6.45, 7) is 1.37. The molecule has 1 aromatic carbocycles. The fraction of sp³-hybridized carbons (Fsp3) is 0.368. The van der Waals surface area contributed by atoms with Gasteiger partial charge in [0.25, 0.3) is 0 Å². The maximum absolute atomic E-state index is 12.5. The second-order valence-corrected chi connectivity index (χ2v) is 7.52. The number of carbonyl (C=O) groups is 1. The Morgan fingerprint density at radius 2 is 2.22 bits per heavy atom. The maximum Gasteiger partial charge on any atom is 0.232 e.